The van der Waals surface area contributed by atoms with E-state index in [4.69, 9.17) is 9.15 Å². The molecule has 1 atom stereocenters. The molecule has 154 valence electrons. The number of anilines is 2. The SMILES string of the molecule is Cc1ccc(C)c(NC(=O)[C@H](C)OC(=O)c2ccc(NC(=O)c3ccco3)cc2)c1. The molecule has 0 saturated carbocycles. The molecular formula is C23H22N2O5. The number of ether oxygens (including phenoxy) is 1. The molecule has 0 bridgehead atoms. The Balaban J connectivity index is 1.57. The summed E-state index contributed by atoms with van der Waals surface area (Å²) in [4.78, 5) is 36.7. The van der Waals surface area contributed by atoms with E-state index in [-0.39, 0.29) is 11.3 Å². The molecule has 7 heteroatoms. The summed E-state index contributed by atoms with van der Waals surface area (Å²) in [6.45, 7) is 5.33. The highest BCUT2D eigenvalue weighted by Crippen LogP contribution is 2.17. The Kier molecular flexibility index (Phi) is 6.32. The zero-order valence-corrected chi connectivity index (χ0v) is 16.9. The van der Waals surface area contributed by atoms with Gasteiger partial charge in [0.15, 0.2) is 11.9 Å². The predicted molar refractivity (Wildman–Crippen MR) is 113 cm³/mol. The van der Waals surface area contributed by atoms with Crippen LogP contribution in [0.15, 0.2) is 65.3 Å². The van der Waals surface area contributed by atoms with Crippen molar-refractivity contribution in [3.05, 3.63) is 83.3 Å². The van der Waals surface area contributed by atoms with Crippen LogP contribution in [0.1, 0.15) is 39.0 Å². The monoisotopic (exact) mass is 406 g/mol. The zero-order chi connectivity index (χ0) is 21.7. The van der Waals surface area contributed by atoms with E-state index < -0.39 is 23.9 Å². The Morgan fingerprint density at radius 3 is 2.37 bits per heavy atom. The normalized spacial score (nSPS) is 11.4. The molecular weight excluding hydrogens is 384 g/mol. The highest BCUT2D eigenvalue weighted by Gasteiger charge is 2.20. The largest absolute Gasteiger partial charge is 0.459 e. The van der Waals surface area contributed by atoms with Crippen LogP contribution in [0.3, 0.4) is 0 Å². The molecule has 30 heavy (non-hydrogen) atoms. The average Bonchev–Trinajstić information content (AvgIpc) is 3.26. The first kappa shape index (κ1) is 20.9. The van der Waals surface area contributed by atoms with Gasteiger partial charge in [-0.05, 0) is 74.4 Å². The van der Waals surface area contributed by atoms with Crippen molar-refractivity contribution in [1.82, 2.24) is 0 Å². The maximum atomic E-state index is 12.4. The third kappa shape index (κ3) is 5.14. The summed E-state index contributed by atoms with van der Waals surface area (Å²) in [5.41, 5.74) is 3.37. The lowest BCUT2D eigenvalue weighted by Crippen LogP contribution is -2.30. The maximum absolute atomic E-state index is 12.4. The first-order valence-corrected chi connectivity index (χ1v) is 9.37. The number of furan rings is 1. The summed E-state index contributed by atoms with van der Waals surface area (Å²) in [5.74, 6) is -1.27. The summed E-state index contributed by atoms with van der Waals surface area (Å²) in [6, 6.07) is 15.0. The molecule has 2 N–H and O–H groups in total. The quantitative estimate of drug-likeness (QED) is 0.594. The van der Waals surface area contributed by atoms with E-state index in [1.165, 1.54) is 25.3 Å². The third-order valence-electron chi connectivity index (χ3n) is 4.43. The highest BCUT2D eigenvalue weighted by molar-refractivity contribution is 6.02. The fourth-order valence-corrected chi connectivity index (χ4v) is 2.68. The minimum atomic E-state index is -0.976. The number of nitrogens with one attached hydrogen (secondary N) is 2. The van der Waals surface area contributed by atoms with Crippen molar-refractivity contribution in [1.29, 1.82) is 0 Å². The lowest BCUT2D eigenvalue weighted by molar-refractivity contribution is -0.123. The van der Waals surface area contributed by atoms with Crippen molar-refractivity contribution in [2.75, 3.05) is 10.6 Å². The van der Waals surface area contributed by atoms with Crippen LogP contribution in [0, 0.1) is 13.8 Å². The Bertz CT molecular complexity index is 1060. The number of aryl methyl sites for hydroxylation is 2. The van der Waals surface area contributed by atoms with Crippen LogP contribution in [0.2, 0.25) is 0 Å². The van der Waals surface area contributed by atoms with Gasteiger partial charge >= 0.3 is 5.97 Å². The van der Waals surface area contributed by atoms with Crippen molar-refractivity contribution in [2.24, 2.45) is 0 Å². The van der Waals surface area contributed by atoms with Gasteiger partial charge in [-0.3, -0.25) is 9.59 Å². The maximum Gasteiger partial charge on any atom is 0.338 e. The molecule has 0 unspecified atom stereocenters. The number of carbonyl (C=O) groups excluding carboxylic acids is 3. The molecule has 0 fully saturated rings. The molecule has 0 spiro atoms. The van der Waals surface area contributed by atoms with E-state index in [0.29, 0.717) is 11.4 Å². The van der Waals surface area contributed by atoms with Gasteiger partial charge in [-0.25, -0.2) is 4.79 Å². The van der Waals surface area contributed by atoms with Gasteiger partial charge in [0.2, 0.25) is 0 Å². The Morgan fingerprint density at radius 1 is 0.967 bits per heavy atom. The Morgan fingerprint density at radius 2 is 1.70 bits per heavy atom. The fraction of sp³-hybridized carbons (Fsp3) is 0.174. The summed E-state index contributed by atoms with van der Waals surface area (Å²) in [5, 5.41) is 5.44. The topological polar surface area (TPSA) is 97.6 Å². The number of carbonyl (C=O) groups is 3. The van der Waals surface area contributed by atoms with Gasteiger partial charge in [0.1, 0.15) is 0 Å². The average molecular weight is 406 g/mol. The van der Waals surface area contributed by atoms with Crippen LogP contribution >= 0.6 is 0 Å². The molecule has 0 saturated heterocycles. The number of hydrogen-bond acceptors (Lipinski definition) is 5. The lowest BCUT2D eigenvalue weighted by Gasteiger charge is -2.15. The van der Waals surface area contributed by atoms with Crippen LogP contribution in [-0.4, -0.2) is 23.9 Å². The minimum absolute atomic E-state index is 0.183. The predicted octanol–water partition coefficient (Wildman–Crippen LogP) is 4.33. The summed E-state index contributed by atoms with van der Waals surface area (Å²) in [6.07, 6.45) is 0.432. The molecule has 2 amide bonds. The van der Waals surface area contributed by atoms with Crippen LogP contribution in [0.4, 0.5) is 11.4 Å². The molecule has 0 aliphatic heterocycles. The molecule has 3 rings (SSSR count). The van der Waals surface area contributed by atoms with Gasteiger partial charge in [-0.15, -0.1) is 0 Å². The lowest BCUT2D eigenvalue weighted by atomic mass is 10.1. The molecule has 7 nitrogen and oxygen atoms in total. The van der Waals surface area contributed by atoms with Crippen LogP contribution in [0.5, 0.6) is 0 Å². The highest BCUT2D eigenvalue weighted by atomic mass is 16.5. The van der Waals surface area contributed by atoms with Crippen molar-refractivity contribution < 1.29 is 23.5 Å². The van der Waals surface area contributed by atoms with Crippen LogP contribution in [-0.2, 0) is 9.53 Å². The van der Waals surface area contributed by atoms with Crippen LogP contribution < -0.4 is 10.6 Å². The number of rotatable bonds is 6. The summed E-state index contributed by atoms with van der Waals surface area (Å²) < 4.78 is 10.3. The van der Waals surface area contributed by atoms with E-state index in [2.05, 4.69) is 10.6 Å². The van der Waals surface area contributed by atoms with E-state index in [1.807, 2.05) is 32.0 Å². The molecule has 0 radical (unpaired) electrons. The van der Waals surface area contributed by atoms with E-state index in [0.717, 1.165) is 11.1 Å². The number of amides is 2. The van der Waals surface area contributed by atoms with Gasteiger partial charge in [-0.1, -0.05) is 12.1 Å². The van der Waals surface area contributed by atoms with E-state index >= 15 is 0 Å². The van der Waals surface area contributed by atoms with Crippen molar-refractivity contribution in [2.45, 2.75) is 26.9 Å². The van der Waals surface area contributed by atoms with Gasteiger partial charge in [-0.2, -0.15) is 0 Å². The van der Waals surface area contributed by atoms with Gasteiger partial charge < -0.3 is 19.8 Å². The van der Waals surface area contributed by atoms with Gasteiger partial charge in [0.25, 0.3) is 11.8 Å². The first-order chi connectivity index (χ1) is 14.3. The minimum Gasteiger partial charge on any atom is -0.459 e. The molecule has 1 heterocycles. The third-order valence-corrected chi connectivity index (χ3v) is 4.43. The van der Waals surface area contributed by atoms with Crippen molar-refractivity contribution >= 4 is 29.2 Å². The van der Waals surface area contributed by atoms with Crippen molar-refractivity contribution in [3.63, 3.8) is 0 Å². The zero-order valence-electron chi connectivity index (χ0n) is 16.9. The number of hydrogen-bond donors (Lipinski definition) is 2. The van der Waals surface area contributed by atoms with Crippen LogP contribution in [0.25, 0.3) is 0 Å². The summed E-state index contributed by atoms with van der Waals surface area (Å²) >= 11 is 0. The second kappa shape index (κ2) is 9.09. The number of benzene rings is 2. The van der Waals surface area contributed by atoms with Crippen molar-refractivity contribution in [3.8, 4) is 0 Å². The van der Waals surface area contributed by atoms with E-state index in [1.54, 1.807) is 24.3 Å². The molecule has 1 aromatic heterocycles. The molecule has 0 aliphatic rings. The Labute approximate surface area is 174 Å². The number of esters is 1. The standard InChI is InChI=1S/C23H22N2O5/c1-14-6-7-15(2)19(13-14)25-21(26)16(3)30-23(28)17-8-10-18(11-9-17)24-22(27)20-5-4-12-29-20/h4-13,16H,1-3H3,(H,24,27)(H,25,26)/t16-/m0/s1. The Hall–Kier alpha value is -3.87. The second-order valence-electron chi connectivity index (χ2n) is 6.86. The molecule has 3 aromatic rings. The second-order valence-corrected chi connectivity index (χ2v) is 6.86. The summed E-state index contributed by atoms with van der Waals surface area (Å²) in [7, 11) is 0. The molecule has 0 aliphatic carbocycles. The van der Waals surface area contributed by atoms with Gasteiger partial charge in [0, 0.05) is 11.4 Å². The molecule has 2 aromatic carbocycles. The fourth-order valence-electron chi connectivity index (χ4n) is 2.68. The smallest absolute Gasteiger partial charge is 0.338 e. The van der Waals surface area contributed by atoms with E-state index in [9.17, 15) is 14.4 Å². The first-order valence-electron chi connectivity index (χ1n) is 9.37. The van der Waals surface area contributed by atoms with Gasteiger partial charge in [0.05, 0.1) is 11.8 Å².